The van der Waals surface area contributed by atoms with Crippen molar-refractivity contribution in [3.63, 3.8) is 0 Å². The van der Waals surface area contributed by atoms with Gasteiger partial charge in [0.05, 0.1) is 6.61 Å². The van der Waals surface area contributed by atoms with Gasteiger partial charge in [0, 0.05) is 18.4 Å². The van der Waals surface area contributed by atoms with Crippen LogP contribution in [0.2, 0.25) is 0 Å². The van der Waals surface area contributed by atoms with Gasteiger partial charge in [-0.15, -0.1) is 0 Å². The summed E-state index contributed by atoms with van der Waals surface area (Å²) in [5.41, 5.74) is 2.30. The maximum Gasteiger partial charge on any atom is 0.246 e. The molecule has 0 aliphatic heterocycles. The molecule has 0 rings (SSSR count). The molecule has 0 aromatic carbocycles. The standard InChI is InChI=1S/C8H17NO3/c1-6(2)8(11)9-12-5-7(3)4-10/h6-7,10H,4-5H2,1-3H3,(H,9,11)/t7-/m1/s1. The predicted molar refractivity (Wildman–Crippen MR) is 45.2 cm³/mol. The molecule has 0 saturated heterocycles. The number of hydrogen-bond acceptors (Lipinski definition) is 3. The molecule has 0 aliphatic rings. The van der Waals surface area contributed by atoms with E-state index in [1.54, 1.807) is 13.8 Å². The second kappa shape index (κ2) is 5.97. The molecular weight excluding hydrogens is 158 g/mol. The summed E-state index contributed by atoms with van der Waals surface area (Å²) < 4.78 is 0. The normalized spacial score (nSPS) is 13.1. The topological polar surface area (TPSA) is 58.6 Å². The third-order valence-electron chi connectivity index (χ3n) is 1.38. The van der Waals surface area contributed by atoms with Crippen LogP contribution < -0.4 is 5.48 Å². The number of nitrogens with one attached hydrogen (secondary N) is 1. The van der Waals surface area contributed by atoms with E-state index in [0.29, 0.717) is 6.61 Å². The van der Waals surface area contributed by atoms with Gasteiger partial charge in [0.1, 0.15) is 0 Å². The van der Waals surface area contributed by atoms with E-state index in [1.807, 2.05) is 6.92 Å². The van der Waals surface area contributed by atoms with E-state index in [-0.39, 0.29) is 24.3 Å². The second-order valence-electron chi connectivity index (χ2n) is 3.22. The van der Waals surface area contributed by atoms with Crippen LogP contribution in [0.25, 0.3) is 0 Å². The van der Waals surface area contributed by atoms with E-state index in [4.69, 9.17) is 9.94 Å². The van der Waals surface area contributed by atoms with E-state index < -0.39 is 0 Å². The highest BCUT2D eigenvalue weighted by Crippen LogP contribution is 1.93. The molecule has 4 heteroatoms. The van der Waals surface area contributed by atoms with Gasteiger partial charge < -0.3 is 5.11 Å². The number of hydrogen-bond donors (Lipinski definition) is 2. The lowest BCUT2D eigenvalue weighted by atomic mass is 10.2. The number of carbonyl (C=O) groups excluding carboxylic acids is 1. The summed E-state index contributed by atoms with van der Waals surface area (Å²) >= 11 is 0. The average molecular weight is 175 g/mol. The summed E-state index contributed by atoms with van der Waals surface area (Å²) in [7, 11) is 0. The second-order valence-corrected chi connectivity index (χ2v) is 3.22. The van der Waals surface area contributed by atoms with Gasteiger partial charge in [-0.3, -0.25) is 9.63 Å². The molecule has 0 spiro atoms. The molecule has 4 nitrogen and oxygen atoms in total. The van der Waals surface area contributed by atoms with Gasteiger partial charge in [0.25, 0.3) is 0 Å². The van der Waals surface area contributed by atoms with Crippen molar-refractivity contribution < 1.29 is 14.7 Å². The van der Waals surface area contributed by atoms with E-state index in [2.05, 4.69) is 5.48 Å². The Bertz CT molecular complexity index is 136. The summed E-state index contributed by atoms with van der Waals surface area (Å²) in [5.74, 6) is -0.160. The third-order valence-corrected chi connectivity index (χ3v) is 1.38. The first kappa shape index (κ1) is 11.4. The minimum atomic E-state index is -0.139. The minimum absolute atomic E-state index is 0.0532. The number of aliphatic hydroxyl groups excluding tert-OH is 1. The minimum Gasteiger partial charge on any atom is -0.396 e. The summed E-state index contributed by atoms with van der Waals surface area (Å²) in [6, 6.07) is 0. The van der Waals surface area contributed by atoms with Crippen molar-refractivity contribution in [2.45, 2.75) is 20.8 Å². The molecule has 72 valence electrons. The molecule has 0 heterocycles. The Kier molecular flexibility index (Phi) is 5.66. The quantitative estimate of drug-likeness (QED) is 0.591. The fraction of sp³-hybridized carbons (Fsp3) is 0.875. The van der Waals surface area contributed by atoms with Crippen LogP contribution in [-0.2, 0) is 9.63 Å². The van der Waals surface area contributed by atoms with Crippen molar-refractivity contribution in [1.82, 2.24) is 5.48 Å². The molecule has 0 aromatic heterocycles. The molecular formula is C8H17NO3. The van der Waals surface area contributed by atoms with Crippen molar-refractivity contribution in [1.29, 1.82) is 0 Å². The highest BCUT2D eigenvalue weighted by Gasteiger charge is 2.06. The third kappa shape index (κ3) is 5.09. The maximum atomic E-state index is 10.9. The van der Waals surface area contributed by atoms with Crippen molar-refractivity contribution in [3.05, 3.63) is 0 Å². The van der Waals surface area contributed by atoms with Crippen LogP contribution in [0, 0.1) is 11.8 Å². The summed E-state index contributed by atoms with van der Waals surface area (Å²) in [6.45, 7) is 5.82. The average Bonchev–Trinajstić information content (AvgIpc) is 2.03. The van der Waals surface area contributed by atoms with Gasteiger partial charge in [0.2, 0.25) is 5.91 Å². The van der Waals surface area contributed by atoms with Crippen LogP contribution in [0.5, 0.6) is 0 Å². The number of carbonyl (C=O) groups is 1. The predicted octanol–water partition coefficient (Wildman–Crippen LogP) is 0.319. The first-order valence-corrected chi connectivity index (χ1v) is 4.10. The van der Waals surface area contributed by atoms with Crippen molar-refractivity contribution in [3.8, 4) is 0 Å². The molecule has 1 amide bonds. The molecule has 0 fully saturated rings. The van der Waals surface area contributed by atoms with Gasteiger partial charge in [0.15, 0.2) is 0 Å². The summed E-state index contributed by atoms with van der Waals surface area (Å²) in [5, 5.41) is 8.62. The monoisotopic (exact) mass is 175 g/mol. The van der Waals surface area contributed by atoms with Crippen LogP contribution in [0.1, 0.15) is 20.8 Å². The van der Waals surface area contributed by atoms with E-state index in [9.17, 15) is 4.79 Å². The van der Waals surface area contributed by atoms with Crippen LogP contribution >= 0.6 is 0 Å². The lowest BCUT2D eigenvalue weighted by Crippen LogP contribution is -2.30. The Morgan fingerprint density at radius 2 is 2.08 bits per heavy atom. The molecule has 1 atom stereocenters. The van der Waals surface area contributed by atoms with Crippen molar-refractivity contribution in [2.24, 2.45) is 11.8 Å². The molecule has 2 N–H and O–H groups in total. The van der Waals surface area contributed by atoms with Gasteiger partial charge in [-0.1, -0.05) is 20.8 Å². The number of amides is 1. The Labute approximate surface area is 72.9 Å². The summed E-state index contributed by atoms with van der Waals surface area (Å²) in [6.07, 6.45) is 0. The SMILES string of the molecule is CC(C)C(=O)NOC[C@H](C)CO. The number of rotatable bonds is 5. The molecule has 0 aliphatic carbocycles. The van der Waals surface area contributed by atoms with E-state index in [0.717, 1.165) is 0 Å². The summed E-state index contributed by atoms with van der Waals surface area (Å²) in [4.78, 5) is 15.8. The Morgan fingerprint density at radius 3 is 2.50 bits per heavy atom. The smallest absolute Gasteiger partial charge is 0.246 e. The van der Waals surface area contributed by atoms with Crippen LogP contribution in [0.4, 0.5) is 0 Å². The number of hydroxylamine groups is 1. The number of aliphatic hydroxyl groups is 1. The lowest BCUT2D eigenvalue weighted by Gasteiger charge is -2.10. The van der Waals surface area contributed by atoms with Crippen LogP contribution in [0.15, 0.2) is 0 Å². The molecule has 0 radical (unpaired) electrons. The molecule has 12 heavy (non-hydrogen) atoms. The Balaban J connectivity index is 3.37. The fourth-order valence-corrected chi connectivity index (χ4v) is 0.426. The van der Waals surface area contributed by atoms with Gasteiger partial charge in [-0.05, 0) is 0 Å². The Hall–Kier alpha value is -0.610. The molecule has 0 aromatic rings. The van der Waals surface area contributed by atoms with E-state index in [1.165, 1.54) is 0 Å². The Morgan fingerprint density at radius 1 is 1.50 bits per heavy atom. The maximum absolute atomic E-state index is 10.9. The van der Waals surface area contributed by atoms with E-state index >= 15 is 0 Å². The molecule has 0 unspecified atom stereocenters. The van der Waals surface area contributed by atoms with Crippen LogP contribution in [0.3, 0.4) is 0 Å². The highest BCUT2D eigenvalue weighted by atomic mass is 16.7. The van der Waals surface area contributed by atoms with Gasteiger partial charge >= 0.3 is 0 Å². The molecule has 0 saturated carbocycles. The van der Waals surface area contributed by atoms with Crippen LogP contribution in [-0.4, -0.2) is 24.2 Å². The first-order chi connectivity index (χ1) is 5.57. The zero-order valence-corrected chi connectivity index (χ0v) is 7.83. The zero-order valence-electron chi connectivity index (χ0n) is 7.83. The molecule has 0 bridgehead atoms. The van der Waals surface area contributed by atoms with Crippen molar-refractivity contribution in [2.75, 3.05) is 13.2 Å². The first-order valence-electron chi connectivity index (χ1n) is 4.10. The van der Waals surface area contributed by atoms with Gasteiger partial charge in [-0.25, -0.2) is 5.48 Å². The fourth-order valence-electron chi connectivity index (χ4n) is 0.426. The zero-order chi connectivity index (χ0) is 9.56. The van der Waals surface area contributed by atoms with Crippen molar-refractivity contribution >= 4 is 5.91 Å². The highest BCUT2D eigenvalue weighted by molar-refractivity contribution is 5.76. The largest absolute Gasteiger partial charge is 0.396 e. The van der Waals surface area contributed by atoms with Gasteiger partial charge in [-0.2, -0.15) is 0 Å². The lowest BCUT2D eigenvalue weighted by molar-refractivity contribution is -0.138.